The lowest BCUT2D eigenvalue weighted by molar-refractivity contribution is 0.620. The molecule has 1 rings (SSSR count). The molecule has 0 atom stereocenters. The van der Waals surface area contributed by atoms with Gasteiger partial charge in [-0.2, -0.15) is 0 Å². The van der Waals surface area contributed by atoms with Crippen molar-refractivity contribution < 1.29 is 0 Å². The summed E-state index contributed by atoms with van der Waals surface area (Å²) in [7, 11) is 0. The maximum absolute atomic E-state index is 2.47. The Kier molecular flexibility index (Phi) is 9.85. The minimum atomic E-state index is 1.20. The minimum absolute atomic E-state index is 1.20. The lowest BCUT2D eigenvalue weighted by Gasteiger charge is -2.09. The number of unbranched alkanes of at least 4 members (excludes halogenated alkanes) is 8. The van der Waals surface area contributed by atoms with E-state index in [1.54, 1.807) is 11.1 Å². The molecule has 0 amide bonds. The van der Waals surface area contributed by atoms with E-state index in [1.807, 2.05) is 0 Å². The predicted molar refractivity (Wildman–Crippen MR) is 87.5 cm³/mol. The molecule has 0 unspecified atom stereocenters. The monoisotopic (exact) mass is 262 g/mol. The molecule has 0 aromatic heterocycles. The van der Waals surface area contributed by atoms with Crippen molar-refractivity contribution in [2.24, 2.45) is 0 Å². The third-order valence-electron chi connectivity index (χ3n) is 4.24. The van der Waals surface area contributed by atoms with Crippen LogP contribution in [0.3, 0.4) is 0 Å². The molecule has 110 valence electrons. The molecule has 0 aromatic carbocycles. The molecule has 0 N–H and O–H groups in total. The molecule has 1 aliphatic rings. The van der Waals surface area contributed by atoms with E-state index in [0.717, 1.165) is 0 Å². The van der Waals surface area contributed by atoms with Crippen molar-refractivity contribution in [3.05, 3.63) is 23.3 Å². The molecular formula is C19H34. The van der Waals surface area contributed by atoms with E-state index in [1.165, 1.54) is 83.5 Å². The Labute approximate surface area is 121 Å². The van der Waals surface area contributed by atoms with E-state index in [2.05, 4.69) is 26.0 Å². The van der Waals surface area contributed by atoms with Gasteiger partial charge in [-0.15, -0.1) is 0 Å². The Morgan fingerprint density at radius 2 is 1.05 bits per heavy atom. The van der Waals surface area contributed by atoms with Crippen molar-refractivity contribution in [1.29, 1.82) is 0 Å². The van der Waals surface area contributed by atoms with Crippen LogP contribution < -0.4 is 0 Å². The molecular weight excluding hydrogens is 228 g/mol. The fourth-order valence-corrected chi connectivity index (χ4v) is 2.97. The van der Waals surface area contributed by atoms with Crippen LogP contribution in [0.1, 0.15) is 97.3 Å². The standard InChI is InChI=1S/C19H34/c1-3-5-7-9-11-14-18-16-13-17-19(18)15-12-10-8-6-4-2/h16-17H,3-15H2,1-2H3. The number of rotatable bonds is 12. The van der Waals surface area contributed by atoms with Crippen LogP contribution >= 0.6 is 0 Å². The van der Waals surface area contributed by atoms with Crippen LogP contribution in [0.15, 0.2) is 23.3 Å². The Morgan fingerprint density at radius 1 is 0.632 bits per heavy atom. The second-order valence-electron chi connectivity index (χ2n) is 6.02. The molecule has 0 heterocycles. The van der Waals surface area contributed by atoms with E-state index in [9.17, 15) is 0 Å². The summed E-state index contributed by atoms with van der Waals surface area (Å²) in [5.74, 6) is 0. The average Bonchev–Trinajstić information content (AvgIpc) is 2.86. The zero-order valence-corrected chi connectivity index (χ0v) is 13.3. The van der Waals surface area contributed by atoms with Gasteiger partial charge < -0.3 is 0 Å². The topological polar surface area (TPSA) is 0 Å². The van der Waals surface area contributed by atoms with Crippen molar-refractivity contribution >= 4 is 0 Å². The fourth-order valence-electron chi connectivity index (χ4n) is 2.97. The van der Waals surface area contributed by atoms with E-state index >= 15 is 0 Å². The normalized spacial score (nSPS) is 14.6. The quantitative estimate of drug-likeness (QED) is 0.333. The van der Waals surface area contributed by atoms with Gasteiger partial charge in [0.25, 0.3) is 0 Å². The maximum atomic E-state index is 2.47. The SMILES string of the molecule is CCCCCCCC1=CCC=C1CCCCCCC. The van der Waals surface area contributed by atoms with Crippen molar-refractivity contribution in [3.8, 4) is 0 Å². The highest BCUT2D eigenvalue weighted by Crippen LogP contribution is 2.28. The molecule has 0 aromatic rings. The second kappa shape index (κ2) is 11.3. The van der Waals surface area contributed by atoms with Gasteiger partial charge in [0.05, 0.1) is 0 Å². The highest BCUT2D eigenvalue weighted by Gasteiger charge is 2.09. The molecule has 0 nitrogen and oxygen atoms in total. The molecule has 0 spiro atoms. The van der Waals surface area contributed by atoms with Gasteiger partial charge in [0.1, 0.15) is 0 Å². The first-order valence-electron chi connectivity index (χ1n) is 8.77. The number of allylic oxidation sites excluding steroid dienone is 4. The third-order valence-corrected chi connectivity index (χ3v) is 4.24. The zero-order valence-electron chi connectivity index (χ0n) is 13.3. The molecule has 0 fully saturated rings. The van der Waals surface area contributed by atoms with Crippen LogP contribution in [0.2, 0.25) is 0 Å². The van der Waals surface area contributed by atoms with Gasteiger partial charge in [-0.3, -0.25) is 0 Å². The summed E-state index contributed by atoms with van der Waals surface area (Å²) in [6, 6.07) is 0. The van der Waals surface area contributed by atoms with Crippen LogP contribution in [0, 0.1) is 0 Å². The van der Waals surface area contributed by atoms with Crippen molar-refractivity contribution in [2.45, 2.75) is 97.3 Å². The number of hydrogen-bond donors (Lipinski definition) is 0. The molecule has 19 heavy (non-hydrogen) atoms. The first-order valence-corrected chi connectivity index (χ1v) is 8.77. The Bertz CT molecular complexity index is 242. The smallest absolute Gasteiger partial charge is 0.0157 e. The first-order chi connectivity index (χ1) is 9.38. The minimum Gasteiger partial charge on any atom is -0.0772 e. The second-order valence-corrected chi connectivity index (χ2v) is 6.02. The Balaban J connectivity index is 2.08. The van der Waals surface area contributed by atoms with Gasteiger partial charge >= 0.3 is 0 Å². The highest BCUT2D eigenvalue weighted by atomic mass is 14.1. The summed E-state index contributed by atoms with van der Waals surface area (Å²) in [6.07, 6.45) is 22.9. The molecule has 0 radical (unpaired) electrons. The molecule has 0 saturated heterocycles. The lowest BCUT2D eigenvalue weighted by Crippen LogP contribution is -1.89. The van der Waals surface area contributed by atoms with E-state index < -0.39 is 0 Å². The van der Waals surface area contributed by atoms with Gasteiger partial charge in [-0.25, -0.2) is 0 Å². The summed E-state index contributed by atoms with van der Waals surface area (Å²) >= 11 is 0. The molecule has 0 aliphatic heterocycles. The van der Waals surface area contributed by atoms with Crippen LogP contribution in [0.25, 0.3) is 0 Å². The largest absolute Gasteiger partial charge is 0.0772 e. The van der Waals surface area contributed by atoms with Crippen molar-refractivity contribution in [3.63, 3.8) is 0 Å². The summed E-state index contributed by atoms with van der Waals surface area (Å²) in [4.78, 5) is 0. The van der Waals surface area contributed by atoms with Gasteiger partial charge in [0.15, 0.2) is 0 Å². The van der Waals surface area contributed by atoms with Gasteiger partial charge in [-0.05, 0) is 43.3 Å². The average molecular weight is 262 g/mol. The summed E-state index contributed by atoms with van der Waals surface area (Å²) in [5, 5.41) is 0. The third kappa shape index (κ3) is 7.60. The van der Waals surface area contributed by atoms with E-state index in [-0.39, 0.29) is 0 Å². The summed E-state index contributed by atoms with van der Waals surface area (Å²) in [5.41, 5.74) is 3.37. The summed E-state index contributed by atoms with van der Waals surface area (Å²) in [6.45, 7) is 4.58. The predicted octanol–water partition coefficient (Wildman–Crippen LogP) is 6.96. The van der Waals surface area contributed by atoms with Crippen molar-refractivity contribution in [1.82, 2.24) is 0 Å². The summed E-state index contributed by atoms with van der Waals surface area (Å²) < 4.78 is 0. The molecule has 1 aliphatic carbocycles. The Hall–Kier alpha value is -0.520. The van der Waals surface area contributed by atoms with Crippen LogP contribution in [-0.4, -0.2) is 0 Å². The van der Waals surface area contributed by atoms with E-state index in [4.69, 9.17) is 0 Å². The zero-order chi connectivity index (χ0) is 13.8. The van der Waals surface area contributed by atoms with Crippen LogP contribution in [0.5, 0.6) is 0 Å². The molecule has 0 bridgehead atoms. The first kappa shape index (κ1) is 16.5. The van der Waals surface area contributed by atoms with Crippen LogP contribution in [0.4, 0.5) is 0 Å². The van der Waals surface area contributed by atoms with Gasteiger partial charge in [-0.1, -0.05) is 77.4 Å². The maximum Gasteiger partial charge on any atom is -0.0157 e. The van der Waals surface area contributed by atoms with Gasteiger partial charge in [0.2, 0.25) is 0 Å². The van der Waals surface area contributed by atoms with E-state index in [0.29, 0.717) is 0 Å². The fraction of sp³-hybridized carbons (Fsp3) is 0.789. The highest BCUT2D eigenvalue weighted by molar-refractivity contribution is 5.36. The Morgan fingerprint density at radius 3 is 1.47 bits per heavy atom. The number of hydrogen-bond acceptors (Lipinski definition) is 0. The lowest BCUT2D eigenvalue weighted by atomic mass is 9.97. The molecule has 0 saturated carbocycles. The van der Waals surface area contributed by atoms with Gasteiger partial charge in [0, 0.05) is 0 Å². The van der Waals surface area contributed by atoms with Crippen LogP contribution in [-0.2, 0) is 0 Å². The van der Waals surface area contributed by atoms with Crippen molar-refractivity contribution in [2.75, 3.05) is 0 Å². The molecule has 0 heteroatoms.